The smallest absolute Gasteiger partial charge is 0.489 e. The lowest BCUT2D eigenvalue weighted by Gasteiger charge is -2.36. The van der Waals surface area contributed by atoms with Crippen molar-refractivity contribution in [1.82, 2.24) is 19.4 Å². The Morgan fingerprint density at radius 2 is 1.74 bits per heavy atom. The van der Waals surface area contributed by atoms with E-state index in [0.717, 1.165) is 11.2 Å². The summed E-state index contributed by atoms with van der Waals surface area (Å²) in [6, 6.07) is 18.3. The van der Waals surface area contributed by atoms with Gasteiger partial charge in [-0.25, -0.2) is 4.98 Å². The molecule has 1 amide bonds. The van der Waals surface area contributed by atoms with Crippen LogP contribution in [-0.2, 0) is 6.61 Å². The lowest BCUT2D eigenvalue weighted by atomic mass is 10.1. The fourth-order valence-electron chi connectivity index (χ4n) is 4.51. The third-order valence-corrected chi connectivity index (χ3v) is 6.58. The zero-order valence-electron chi connectivity index (χ0n) is 21.1. The number of imidazole rings is 1. The van der Waals surface area contributed by atoms with Crippen molar-refractivity contribution in [2.45, 2.75) is 26.1 Å². The lowest BCUT2D eigenvalue weighted by molar-refractivity contribution is -0.274. The number of ether oxygens (including phenoxy) is 2. The quantitative estimate of drug-likeness (QED) is 0.369. The molecule has 1 saturated heterocycles. The summed E-state index contributed by atoms with van der Waals surface area (Å²) in [7, 11) is 0. The Morgan fingerprint density at radius 1 is 1.00 bits per heavy atom. The van der Waals surface area contributed by atoms with E-state index in [2.05, 4.69) is 9.72 Å². The molecule has 1 N–H and O–H groups in total. The van der Waals surface area contributed by atoms with Gasteiger partial charge < -0.3 is 19.5 Å². The Balaban J connectivity index is 1.26. The number of aromatic nitrogens is 2. The summed E-state index contributed by atoms with van der Waals surface area (Å²) in [6.07, 6.45) is -3.58. The van der Waals surface area contributed by atoms with E-state index in [9.17, 15) is 23.1 Å². The highest BCUT2D eigenvalue weighted by atomic mass is 19.4. The molecule has 1 unspecified atom stereocenters. The Kier molecular flexibility index (Phi) is 7.45. The summed E-state index contributed by atoms with van der Waals surface area (Å²) < 4.78 is 48.7. The molecule has 5 rings (SSSR count). The van der Waals surface area contributed by atoms with E-state index in [4.69, 9.17) is 4.74 Å². The third-order valence-electron chi connectivity index (χ3n) is 6.58. The number of hydrogen-bond donors (Lipinski definition) is 1. The first-order valence-corrected chi connectivity index (χ1v) is 12.4. The average molecular weight is 541 g/mol. The van der Waals surface area contributed by atoms with Crippen LogP contribution in [0.2, 0.25) is 0 Å². The maximum Gasteiger partial charge on any atom is 0.573 e. The normalized spacial score (nSPS) is 15.4. The zero-order valence-corrected chi connectivity index (χ0v) is 21.1. The van der Waals surface area contributed by atoms with Crippen molar-refractivity contribution in [2.75, 3.05) is 26.2 Å². The largest absolute Gasteiger partial charge is 0.573 e. The predicted molar refractivity (Wildman–Crippen MR) is 138 cm³/mol. The van der Waals surface area contributed by atoms with Gasteiger partial charge in [-0.1, -0.05) is 18.2 Å². The van der Waals surface area contributed by atoms with E-state index >= 15 is 0 Å². The topological polar surface area (TPSA) is 80.1 Å². The van der Waals surface area contributed by atoms with Gasteiger partial charge in [0.2, 0.25) is 0 Å². The van der Waals surface area contributed by atoms with Gasteiger partial charge in [0, 0.05) is 37.8 Å². The van der Waals surface area contributed by atoms with E-state index < -0.39 is 12.6 Å². The minimum Gasteiger partial charge on any atom is -0.489 e. The molecule has 204 valence electrons. The number of benzene rings is 3. The number of hydrogen-bond acceptors (Lipinski definition) is 6. The molecule has 1 atom stereocenters. The molecule has 1 fully saturated rings. The van der Waals surface area contributed by atoms with Crippen molar-refractivity contribution in [2.24, 2.45) is 0 Å². The molecule has 39 heavy (non-hydrogen) atoms. The van der Waals surface area contributed by atoms with Gasteiger partial charge in [-0.15, -0.1) is 13.2 Å². The summed E-state index contributed by atoms with van der Waals surface area (Å²) in [6.45, 7) is 4.23. The van der Waals surface area contributed by atoms with Gasteiger partial charge in [-0.2, -0.15) is 0 Å². The number of aliphatic hydroxyl groups is 1. The van der Waals surface area contributed by atoms with Gasteiger partial charge in [0.1, 0.15) is 30.7 Å². The summed E-state index contributed by atoms with van der Waals surface area (Å²) in [5.41, 5.74) is 3.55. The fourth-order valence-corrected chi connectivity index (χ4v) is 4.51. The van der Waals surface area contributed by atoms with Gasteiger partial charge in [0.05, 0.1) is 16.7 Å². The van der Waals surface area contributed by atoms with E-state index in [0.29, 0.717) is 48.6 Å². The molecule has 4 aromatic rings. The van der Waals surface area contributed by atoms with Gasteiger partial charge >= 0.3 is 6.36 Å². The molecule has 11 heteroatoms. The number of nitrogens with zero attached hydrogens (tertiary/aromatic N) is 4. The molecule has 0 spiro atoms. The third kappa shape index (κ3) is 6.32. The number of alkyl halides is 3. The molecule has 0 saturated carbocycles. The van der Waals surface area contributed by atoms with E-state index in [1.54, 1.807) is 36.4 Å². The van der Waals surface area contributed by atoms with Crippen LogP contribution in [0.4, 0.5) is 13.2 Å². The van der Waals surface area contributed by atoms with Crippen LogP contribution in [0.5, 0.6) is 11.5 Å². The van der Waals surface area contributed by atoms with Crippen LogP contribution in [0, 0.1) is 0 Å². The van der Waals surface area contributed by atoms with Crippen LogP contribution >= 0.6 is 0 Å². The number of carbonyl (C=O) groups excluding carboxylic acids is 1. The van der Waals surface area contributed by atoms with Crippen molar-refractivity contribution in [3.8, 4) is 17.2 Å². The molecule has 0 bridgehead atoms. The highest BCUT2D eigenvalue weighted by Gasteiger charge is 2.31. The van der Waals surface area contributed by atoms with Gasteiger partial charge in [-0.3, -0.25) is 14.3 Å². The Morgan fingerprint density at radius 3 is 2.44 bits per heavy atom. The van der Waals surface area contributed by atoms with Crippen LogP contribution < -0.4 is 9.47 Å². The van der Waals surface area contributed by atoms with Crippen molar-refractivity contribution in [3.63, 3.8) is 0 Å². The van der Waals surface area contributed by atoms with Gasteiger partial charge in [0.15, 0.2) is 0 Å². The maximum atomic E-state index is 13.0. The highest BCUT2D eigenvalue weighted by Crippen LogP contribution is 2.25. The summed E-state index contributed by atoms with van der Waals surface area (Å²) in [5.74, 6) is 0.224. The van der Waals surface area contributed by atoms with Crippen molar-refractivity contribution >= 4 is 16.9 Å². The molecular weight excluding hydrogens is 513 g/mol. The van der Waals surface area contributed by atoms with Crippen molar-refractivity contribution in [3.05, 3.63) is 84.2 Å². The van der Waals surface area contributed by atoms with E-state index in [1.165, 1.54) is 24.3 Å². The van der Waals surface area contributed by atoms with Crippen molar-refractivity contribution < 1.29 is 32.5 Å². The highest BCUT2D eigenvalue weighted by molar-refractivity contribution is 5.97. The SMILES string of the molecule is CC(O)N1CCN(C(=O)c2ccc3c(c2)ncn3-c2cccc(OCc3ccc(OC(F)(F)F)cc3)c2)CC1. The maximum absolute atomic E-state index is 13.0. The molecule has 1 aliphatic rings. The summed E-state index contributed by atoms with van der Waals surface area (Å²) in [4.78, 5) is 21.3. The summed E-state index contributed by atoms with van der Waals surface area (Å²) >= 11 is 0. The number of halogens is 3. The van der Waals surface area contributed by atoms with Gasteiger partial charge in [0.25, 0.3) is 5.91 Å². The number of piperazine rings is 1. The van der Waals surface area contributed by atoms with Crippen LogP contribution in [0.15, 0.2) is 73.1 Å². The molecule has 1 aromatic heterocycles. The second-order valence-electron chi connectivity index (χ2n) is 9.26. The molecule has 0 aliphatic carbocycles. The average Bonchev–Trinajstić information content (AvgIpc) is 3.35. The Hall–Kier alpha value is -4.09. The van der Waals surface area contributed by atoms with Crippen LogP contribution in [0.25, 0.3) is 16.7 Å². The van der Waals surface area contributed by atoms with E-state index in [1.807, 2.05) is 33.7 Å². The molecular formula is C28H27F3N4O4. The fraction of sp³-hybridized carbons (Fsp3) is 0.286. The van der Waals surface area contributed by atoms with E-state index in [-0.39, 0.29) is 18.3 Å². The first-order chi connectivity index (χ1) is 18.7. The monoisotopic (exact) mass is 540 g/mol. The number of amides is 1. The molecule has 0 radical (unpaired) electrons. The Labute approximate surface area is 222 Å². The first kappa shape index (κ1) is 26.5. The van der Waals surface area contributed by atoms with Gasteiger partial charge in [-0.05, 0) is 55.0 Å². The first-order valence-electron chi connectivity index (χ1n) is 12.4. The molecule has 8 nitrogen and oxygen atoms in total. The standard InChI is InChI=1S/C28H27F3N4O4/c1-19(36)33-11-13-34(14-12-33)27(37)21-7-10-26-25(15-21)32-18-35(26)22-3-2-4-24(16-22)38-17-20-5-8-23(9-6-20)39-28(29,30)31/h2-10,15-16,18-19,36H,11-14,17H2,1H3. The number of aliphatic hydroxyl groups excluding tert-OH is 1. The predicted octanol–water partition coefficient (Wildman–Crippen LogP) is 4.60. The van der Waals surface area contributed by atoms with Crippen LogP contribution in [0.3, 0.4) is 0 Å². The summed E-state index contributed by atoms with van der Waals surface area (Å²) in [5, 5.41) is 9.74. The second-order valence-corrected chi connectivity index (χ2v) is 9.26. The number of rotatable bonds is 7. The molecule has 2 heterocycles. The second kappa shape index (κ2) is 11.0. The van der Waals surface area contributed by atoms with Crippen LogP contribution in [-0.4, -0.2) is 69.1 Å². The minimum absolute atomic E-state index is 0.0647. The zero-order chi connectivity index (χ0) is 27.6. The number of carbonyl (C=O) groups is 1. The number of fused-ring (bicyclic) bond motifs is 1. The molecule has 3 aromatic carbocycles. The van der Waals surface area contributed by atoms with Crippen molar-refractivity contribution in [1.29, 1.82) is 0 Å². The Bertz CT molecular complexity index is 1450. The molecule has 1 aliphatic heterocycles. The van der Waals surface area contributed by atoms with Crippen LogP contribution in [0.1, 0.15) is 22.8 Å². The lowest BCUT2D eigenvalue weighted by Crippen LogP contribution is -2.51. The minimum atomic E-state index is -4.73.